The van der Waals surface area contributed by atoms with Crippen LogP contribution in [0.4, 0.5) is 10.5 Å². The smallest absolute Gasteiger partial charge is 0.319 e. The molecule has 2 aromatic rings. The molecular weight excluding hydrogens is 368 g/mol. The number of rotatable bonds is 7. The first-order valence-corrected chi connectivity index (χ1v) is 9.48. The first-order chi connectivity index (χ1) is 13.8. The number of benzene rings is 2. The van der Waals surface area contributed by atoms with E-state index in [2.05, 4.69) is 16.0 Å². The zero-order valence-corrected chi connectivity index (χ0v) is 17.2. The van der Waals surface area contributed by atoms with Gasteiger partial charge in [-0.05, 0) is 35.7 Å². The van der Waals surface area contributed by atoms with E-state index >= 15 is 0 Å². The van der Waals surface area contributed by atoms with Gasteiger partial charge in [-0.2, -0.15) is 0 Å². The molecule has 3 N–H and O–H groups in total. The molecule has 0 aliphatic heterocycles. The topological polar surface area (TPSA) is 90.5 Å². The third-order valence-electron chi connectivity index (χ3n) is 4.34. The first kappa shape index (κ1) is 21.9. The highest BCUT2D eigenvalue weighted by Gasteiger charge is 2.24. The standard InChI is InChI=1S/C22H28N4O3/c1-15(2)19(25-22(29)24-18-8-6-5-7-9-18)20(27)23-14-16-10-12-17(13-11-16)21(28)26(3)4/h5-13,15,19H,14H2,1-4H3,(H,23,27)(H2,24,25,29). The molecule has 0 aromatic heterocycles. The van der Waals surface area contributed by atoms with Crippen molar-refractivity contribution in [2.45, 2.75) is 26.4 Å². The fraction of sp³-hybridized carbons (Fsp3) is 0.318. The van der Waals surface area contributed by atoms with Crippen LogP contribution in [0.25, 0.3) is 0 Å². The predicted molar refractivity (Wildman–Crippen MR) is 114 cm³/mol. The lowest BCUT2D eigenvalue weighted by atomic mass is 10.0. The minimum absolute atomic E-state index is 0.0749. The van der Waals surface area contributed by atoms with E-state index in [0.29, 0.717) is 17.8 Å². The fourth-order valence-electron chi connectivity index (χ4n) is 2.69. The molecule has 0 fully saturated rings. The minimum Gasteiger partial charge on any atom is -0.350 e. The van der Waals surface area contributed by atoms with E-state index < -0.39 is 12.1 Å². The molecule has 1 atom stereocenters. The molecule has 7 heteroatoms. The number of carbonyl (C=O) groups is 3. The van der Waals surface area contributed by atoms with Gasteiger partial charge in [0.2, 0.25) is 5.91 Å². The second kappa shape index (κ2) is 10.3. The van der Waals surface area contributed by atoms with Crippen molar-refractivity contribution in [3.8, 4) is 0 Å². The molecule has 0 spiro atoms. The summed E-state index contributed by atoms with van der Waals surface area (Å²) in [5, 5.41) is 8.29. The van der Waals surface area contributed by atoms with Crippen LogP contribution in [0.1, 0.15) is 29.8 Å². The Morgan fingerprint density at radius 1 is 0.931 bits per heavy atom. The maximum atomic E-state index is 12.6. The lowest BCUT2D eigenvalue weighted by Gasteiger charge is -2.22. The summed E-state index contributed by atoms with van der Waals surface area (Å²) in [7, 11) is 3.40. The molecule has 0 heterocycles. The second-order valence-electron chi connectivity index (χ2n) is 7.30. The van der Waals surface area contributed by atoms with Gasteiger partial charge in [0.15, 0.2) is 0 Å². The van der Waals surface area contributed by atoms with Crippen LogP contribution in [-0.2, 0) is 11.3 Å². The average molecular weight is 396 g/mol. The maximum Gasteiger partial charge on any atom is 0.319 e. The van der Waals surface area contributed by atoms with Gasteiger partial charge in [-0.15, -0.1) is 0 Å². The molecule has 29 heavy (non-hydrogen) atoms. The normalized spacial score (nSPS) is 11.5. The maximum absolute atomic E-state index is 12.6. The zero-order chi connectivity index (χ0) is 21.4. The Labute approximate surface area is 171 Å². The predicted octanol–water partition coefficient (Wildman–Crippen LogP) is 2.85. The molecule has 4 amide bonds. The molecule has 0 saturated carbocycles. The number of hydrogen-bond donors (Lipinski definition) is 3. The highest BCUT2D eigenvalue weighted by atomic mass is 16.2. The van der Waals surface area contributed by atoms with Gasteiger partial charge in [-0.1, -0.05) is 44.2 Å². The van der Waals surface area contributed by atoms with Crippen molar-refractivity contribution in [1.82, 2.24) is 15.5 Å². The summed E-state index contributed by atoms with van der Waals surface area (Å²) in [6.07, 6.45) is 0. The summed E-state index contributed by atoms with van der Waals surface area (Å²) in [5.41, 5.74) is 2.11. The van der Waals surface area contributed by atoms with Gasteiger partial charge in [0.05, 0.1) is 0 Å². The minimum atomic E-state index is -0.673. The van der Waals surface area contributed by atoms with Crippen LogP contribution in [0.2, 0.25) is 0 Å². The van der Waals surface area contributed by atoms with E-state index in [9.17, 15) is 14.4 Å². The van der Waals surface area contributed by atoms with Crippen LogP contribution < -0.4 is 16.0 Å². The van der Waals surface area contributed by atoms with E-state index in [0.717, 1.165) is 5.56 Å². The van der Waals surface area contributed by atoms with Crippen LogP contribution in [0, 0.1) is 5.92 Å². The summed E-state index contributed by atoms with van der Waals surface area (Å²) in [6, 6.07) is 15.0. The number of hydrogen-bond acceptors (Lipinski definition) is 3. The van der Waals surface area contributed by atoms with E-state index in [1.54, 1.807) is 50.5 Å². The van der Waals surface area contributed by atoms with Crippen molar-refractivity contribution >= 4 is 23.5 Å². The van der Waals surface area contributed by atoms with Crippen molar-refractivity contribution in [2.75, 3.05) is 19.4 Å². The van der Waals surface area contributed by atoms with Crippen LogP contribution in [-0.4, -0.2) is 42.9 Å². The van der Waals surface area contributed by atoms with E-state index in [1.165, 1.54) is 4.90 Å². The SMILES string of the molecule is CC(C)C(NC(=O)Nc1ccccc1)C(=O)NCc1ccc(C(=O)N(C)C)cc1. The Kier molecular flexibility index (Phi) is 7.77. The number of carbonyl (C=O) groups excluding carboxylic acids is 3. The number of para-hydroxylation sites is 1. The lowest BCUT2D eigenvalue weighted by molar-refractivity contribution is -0.124. The Morgan fingerprint density at radius 3 is 2.10 bits per heavy atom. The highest BCUT2D eigenvalue weighted by Crippen LogP contribution is 2.09. The number of amides is 4. The van der Waals surface area contributed by atoms with Crippen molar-refractivity contribution in [3.63, 3.8) is 0 Å². The van der Waals surface area contributed by atoms with Crippen molar-refractivity contribution < 1.29 is 14.4 Å². The summed E-state index contributed by atoms with van der Waals surface area (Å²) in [5.74, 6) is -0.428. The molecule has 2 aromatic carbocycles. The number of urea groups is 1. The molecule has 0 bridgehead atoms. The van der Waals surface area contributed by atoms with Crippen LogP contribution >= 0.6 is 0 Å². The third kappa shape index (κ3) is 6.64. The Morgan fingerprint density at radius 2 is 1.55 bits per heavy atom. The van der Waals surface area contributed by atoms with Crippen LogP contribution in [0.5, 0.6) is 0 Å². The van der Waals surface area contributed by atoms with Crippen LogP contribution in [0.3, 0.4) is 0 Å². The van der Waals surface area contributed by atoms with Gasteiger partial charge in [0.1, 0.15) is 6.04 Å². The molecule has 0 aliphatic carbocycles. The number of nitrogens with one attached hydrogen (secondary N) is 3. The molecule has 0 aliphatic rings. The first-order valence-electron chi connectivity index (χ1n) is 9.48. The zero-order valence-electron chi connectivity index (χ0n) is 17.2. The Balaban J connectivity index is 1.92. The summed E-state index contributed by atoms with van der Waals surface area (Å²) in [6.45, 7) is 4.05. The van der Waals surface area contributed by atoms with Gasteiger partial charge in [-0.3, -0.25) is 9.59 Å². The lowest BCUT2D eigenvalue weighted by Crippen LogP contribution is -2.50. The van der Waals surface area contributed by atoms with Crippen molar-refractivity contribution in [2.24, 2.45) is 5.92 Å². The molecule has 0 radical (unpaired) electrons. The van der Waals surface area contributed by atoms with E-state index in [1.807, 2.05) is 32.0 Å². The van der Waals surface area contributed by atoms with Crippen LogP contribution in [0.15, 0.2) is 54.6 Å². The fourth-order valence-corrected chi connectivity index (χ4v) is 2.69. The molecule has 0 saturated heterocycles. The molecule has 2 rings (SSSR count). The quantitative estimate of drug-likeness (QED) is 0.672. The molecule has 7 nitrogen and oxygen atoms in total. The van der Waals surface area contributed by atoms with Crippen molar-refractivity contribution in [1.29, 1.82) is 0 Å². The van der Waals surface area contributed by atoms with Gasteiger partial charge in [0.25, 0.3) is 5.91 Å². The molecule has 1 unspecified atom stereocenters. The molecule has 154 valence electrons. The Bertz CT molecular complexity index is 833. The number of nitrogens with zero attached hydrogens (tertiary/aromatic N) is 1. The van der Waals surface area contributed by atoms with Gasteiger partial charge in [-0.25, -0.2) is 4.79 Å². The van der Waals surface area contributed by atoms with Crippen molar-refractivity contribution in [3.05, 3.63) is 65.7 Å². The second-order valence-corrected chi connectivity index (χ2v) is 7.30. The molecular formula is C22H28N4O3. The average Bonchev–Trinajstić information content (AvgIpc) is 2.70. The Hall–Kier alpha value is -3.35. The summed E-state index contributed by atoms with van der Waals surface area (Å²) >= 11 is 0. The summed E-state index contributed by atoms with van der Waals surface area (Å²) < 4.78 is 0. The number of anilines is 1. The van der Waals surface area contributed by atoms with Gasteiger partial charge < -0.3 is 20.9 Å². The highest BCUT2D eigenvalue weighted by molar-refractivity contribution is 5.94. The van der Waals surface area contributed by atoms with E-state index in [4.69, 9.17) is 0 Å². The van der Waals surface area contributed by atoms with Gasteiger partial charge >= 0.3 is 6.03 Å². The monoisotopic (exact) mass is 396 g/mol. The van der Waals surface area contributed by atoms with Gasteiger partial charge in [0, 0.05) is 31.9 Å². The summed E-state index contributed by atoms with van der Waals surface area (Å²) in [4.78, 5) is 38.3. The third-order valence-corrected chi connectivity index (χ3v) is 4.34. The van der Waals surface area contributed by atoms with E-state index in [-0.39, 0.29) is 17.7 Å². The largest absolute Gasteiger partial charge is 0.350 e.